The fourth-order valence-electron chi connectivity index (χ4n) is 2.42. The molecule has 0 atom stereocenters. The minimum atomic E-state index is -1.06. The van der Waals surface area contributed by atoms with E-state index in [2.05, 4.69) is 10.5 Å². The highest BCUT2D eigenvalue weighted by Gasteiger charge is 2.07. The van der Waals surface area contributed by atoms with Crippen LogP contribution in [-0.2, 0) is 4.79 Å². The number of hydrogen-bond donors (Lipinski definition) is 2. The maximum atomic E-state index is 11.8. The monoisotopic (exact) mass is 348 g/mol. The summed E-state index contributed by atoms with van der Waals surface area (Å²) in [5, 5.41) is 15.0. The number of carbonyl (C=O) groups is 2. The van der Waals surface area contributed by atoms with Crippen LogP contribution in [0.15, 0.2) is 71.8 Å². The Balaban J connectivity index is 1.56. The minimum Gasteiger partial charge on any atom is -0.484 e. The Labute approximate surface area is 149 Å². The maximum absolute atomic E-state index is 11.8. The molecule has 2 N–H and O–H groups in total. The molecule has 3 rings (SSSR count). The van der Waals surface area contributed by atoms with Gasteiger partial charge in [-0.05, 0) is 29.0 Å². The molecule has 0 aromatic heterocycles. The highest BCUT2D eigenvalue weighted by Crippen LogP contribution is 2.20. The molecular formula is C20H16N2O4. The van der Waals surface area contributed by atoms with Gasteiger partial charge in [0.25, 0.3) is 5.91 Å². The van der Waals surface area contributed by atoms with E-state index in [-0.39, 0.29) is 12.2 Å². The van der Waals surface area contributed by atoms with Crippen LogP contribution in [0.3, 0.4) is 0 Å². The van der Waals surface area contributed by atoms with E-state index in [1.165, 1.54) is 12.3 Å². The van der Waals surface area contributed by atoms with Crippen LogP contribution in [0.2, 0.25) is 0 Å². The van der Waals surface area contributed by atoms with Gasteiger partial charge in [0.1, 0.15) is 5.75 Å². The fraction of sp³-hybridized carbons (Fsp3) is 0.0500. The lowest BCUT2D eigenvalue weighted by Gasteiger charge is -2.06. The van der Waals surface area contributed by atoms with Crippen LogP contribution >= 0.6 is 0 Å². The molecule has 0 aliphatic rings. The highest BCUT2D eigenvalue weighted by atomic mass is 16.5. The van der Waals surface area contributed by atoms with Crippen LogP contribution in [0.1, 0.15) is 15.9 Å². The number of nitrogens with zero attached hydrogens (tertiary/aromatic N) is 1. The van der Waals surface area contributed by atoms with E-state index in [0.29, 0.717) is 11.3 Å². The quantitative estimate of drug-likeness (QED) is 0.529. The zero-order valence-electron chi connectivity index (χ0n) is 13.8. The van der Waals surface area contributed by atoms with Gasteiger partial charge in [0.15, 0.2) is 6.61 Å². The van der Waals surface area contributed by atoms with E-state index in [4.69, 9.17) is 9.84 Å². The van der Waals surface area contributed by atoms with Crippen molar-refractivity contribution < 1.29 is 19.4 Å². The normalized spacial score (nSPS) is 10.8. The standard InChI is InChI=1S/C20H16N2O4/c23-19(22-21-12-16-7-3-4-8-18(16)20(24)25)13-26-17-10-9-14-5-1-2-6-15(14)11-17/h1-12H,13H2,(H,22,23)(H,24,25)/b21-12+. The average Bonchev–Trinajstić information content (AvgIpc) is 2.66. The number of ether oxygens (including phenoxy) is 1. The molecule has 0 unspecified atom stereocenters. The summed E-state index contributed by atoms with van der Waals surface area (Å²) in [6.07, 6.45) is 1.29. The van der Waals surface area contributed by atoms with E-state index in [1.807, 2.05) is 36.4 Å². The van der Waals surface area contributed by atoms with Crippen LogP contribution in [-0.4, -0.2) is 29.8 Å². The molecule has 6 nitrogen and oxygen atoms in total. The van der Waals surface area contributed by atoms with Gasteiger partial charge in [0.2, 0.25) is 0 Å². The second kappa shape index (κ2) is 7.94. The number of nitrogens with one attached hydrogen (secondary N) is 1. The Morgan fingerprint density at radius 1 is 1.00 bits per heavy atom. The van der Waals surface area contributed by atoms with Crippen molar-refractivity contribution in [2.45, 2.75) is 0 Å². The predicted octanol–water partition coefficient (Wildman–Crippen LogP) is 3.07. The predicted molar refractivity (Wildman–Crippen MR) is 98.6 cm³/mol. The van der Waals surface area contributed by atoms with Crippen molar-refractivity contribution in [3.05, 3.63) is 77.9 Å². The van der Waals surface area contributed by atoms with E-state index < -0.39 is 11.9 Å². The van der Waals surface area contributed by atoms with Crippen molar-refractivity contribution in [2.24, 2.45) is 5.10 Å². The summed E-state index contributed by atoms with van der Waals surface area (Å²) in [6.45, 7) is -0.198. The molecule has 6 heteroatoms. The van der Waals surface area contributed by atoms with Crippen molar-refractivity contribution in [3.8, 4) is 5.75 Å². The lowest BCUT2D eigenvalue weighted by Crippen LogP contribution is -2.24. The Kier molecular flexibility index (Phi) is 5.24. The first-order valence-electron chi connectivity index (χ1n) is 7.89. The lowest BCUT2D eigenvalue weighted by atomic mass is 10.1. The molecule has 0 aliphatic heterocycles. The Morgan fingerprint density at radius 3 is 2.54 bits per heavy atom. The van der Waals surface area contributed by atoms with Crippen molar-refractivity contribution in [1.82, 2.24) is 5.43 Å². The van der Waals surface area contributed by atoms with Crippen LogP contribution in [0.5, 0.6) is 5.75 Å². The highest BCUT2D eigenvalue weighted by molar-refractivity contribution is 5.98. The molecule has 0 bridgehead atoms. The third-order valence-corrected chi connectivity index (χ3v) is 3.67. The first kappa shape index (κ1) is 17.2. The Hall–Kier alpha value is -3.67. The smallest absolute Gasteiger partial charge is 0.336 e. The van der Waals surface area contributed by atoms with E-state index in [1.54, 1.807) is 24.3 Å². The molecule has 0 saturated heterocycles. The van der Waals surface area contributed by atoms with Gasteiger partial charge < -0.3 is 9.84 Å². The molecule has 1 amide bonds. The summed E-state index contributed by atoms with van der Waals surface area (Å²) in [6, 6.07) is 19.8. The van der Waals surface area contributed by atoms with Crippen LogP contribution in [0.4, 0.5) is 0 Å². The number of amides is 1. The van der Waals surface area contributed by atoms with Crippen LogP contribution in [0, 0.1) is 0 Å². The van der Waals surface area contributed by atoms with Crippen molar-refractivity contribution in [2.75, 3.05) is 6.61 Å². The van der Waals surface area contributed by atoms with Gasteiger partial charge in [0, 0.05) is 5.56 Å². The van der Waals surface area contributed by atoms with Gasteiger partial charge in [-0.1, -0.05) is 48.5 Å². The number of hydrogen-bond acceptors (Lipinski definition) is 4. The van der Waals surface area contributed by atoms with E-state index in [0.717, 1.165) is 10.8 Å². The third kappa shape index (κ3) is 4.24. The molecule has 0 radical (unpaired) electrons. The second-order valence-corrected chi connectivity index (χ2v) is 5.48. The van der Waals surface area contributed by atoms with E-state index in [9.17, 15) is 9.59 Å². The zero-order valence-corrected chi connectivity index (χ0v) is 13.8. The van der Waals surface area contributed by atoms with Gasteiger partial charge >= 0.3 is 5.97 Å². The molecule has 0 heterocycles. The topological polar surface area (TPSA) is 88.0 Å². The minimum absolute atomic E-state index is 0.109. The van der Waals surface area contributed by atoms with Gasteiger partial charge in [-0.3, -0.25) is 4.79 Å². The molecule has 0 spiro atoms. The second-order valence-electron chi connectivity index (χ2n) is 5.48. The fourth-order valence-corrected chi connectivity index (χ4v) is 2.42. The Bertz CT molecular complexity index is 982. The first-order valence-corrected chi connectivity index (χ1v) is 7.89. The summed E-state index contributed by atoms with van der Waals surface area (Å²) in [4.78, 5) is 22.9. The van der Waals surface area contributed by atoms with Gasteiger partial charge in [-0.25, -0.2) is 10.2 Å². The molecule has 0 saturated carbocycles. The van der Waals surface area contributed by atoms with E-state index >= 15 is 0 Å². The van der Waals surface area contributed by atoms with Crippen molar-refractivity contribution in [1.29, 1.82) is 0 Å². The average molecular weight is 348 g/mol. The number of carbonyl (C=O) groups excluding carboxylic acids is 1. The van der Waals surface area contributed by atoms with Crippen LogP contribution in [0.25, 0.3) is 10.8 Å². The number of fused-ring (bicyclic) bond motifs is 1. The molecule has 26 heavy (non-hydrogen) atoms. The number of hydrazone groups is 1. The number of aromatic carboxylic acids is 1. The lowest BCUT2D eigenvalue weighted by molar-refractivity contribution is -0.123. The van der Waals surface area contributed by atoms with Gasteiger partial charge in [0.05, 0.1) is 11.8 Å². The summed E-state index contributed by atoms with van der Waals surface area (Å²) < 4.78 is 5.46. The van der Waals surface area contributed by atoms with Crippen molar-refractivity contribution in [3.63, 3.8) is 0 Å². The molecule has 3 aromatic carbocycles. The Morgan fingerprint density at radius 2 is 1.73 bits per heavy atom. The number of carboxylic acids is 1. The number of benzene rings is 3. The summed E-state index contributed by atoms with van der Waals surface area (Å²) in [7, 11) is 0. The summed E-state index contributed by atoms with van der Waals surface area (Å²) >= 11 is 0. The maximum Gasteiger partial charge on any atom is 0.336 e. The molecular weight excluding hydrogens is 332 g/mol. The molecule has 3 aromatic rings. The molecule has 0 aliphatic carbocycles. The third-order valence-electron chi connectivity index (χ3n) is 3.67. The van der Waals surface area contributed by atoms with Gasteiger partial charge in [-0.2, -0.15) is 5.10 Å². The summed E-state index contributed by atoms with van der Waals surface area (Å²) in [5.41, 5.74) is 2.83. The van der Waals surface area contributed by atoms with Gasteiger partial charge in [-0.15, -0.1) is 0 Å². The first-order chi connectivity index (χ1) is 12.6. The van der Waals surface area contributed by atoms with Crippen molar-refractivity contribution >= 4 is 28.9 Å². The largest absolute Gasteiger partial charge is 0.484 e. The zero-order chi connectivity index (χ0) is 18.4. The SMILES string of the molecule is O=C(COc1ccc2ccccc2c1)N/N=C/c1ccccc1C(=O)O. The van der Waals surface area contributed by atoms with Crippen LogP contribution < -0.4 is 10.2 Å². The number of carboxylic acid groups (broad SMARTS) is 1. The molecule has 0 fully saturated rings. The molecule has 130 valence electrons. The summed E-state index contributed by atoms with van der Waals surface area (Å²) in [5.74, 6) is -0.917. The number of rotatable bonds is 6.